The average Bonchev–Trinajstić information content (AvgIpc) is 3.05. The van der Waals surface area contributed by atoms with E-state index in [4.69, 9.17) is 16.1 Å². The van der Waals surface area contributed by atoms with Crippen molar-refractivity contribution in [3.05, 3.63) is 70.6 Å². The number of aromatic nitrogens is 2. The van der Waals surface area contributed by atoms with Crippen LogP contribution in [-0.2, 0) is 0 Å². The molecule has 1 N–H and O–H groups in total. The molecular formula is C18H16ClN3O2. The molecule has 0 aliphatic carbocycles. The van der Waals surface area contributed by atoms with Crippen LogP contribution in [-0.4, -0.2) is 16.0 Å². The third-order valence-electron chi connectivity index (χ3n) is 3.66. The van der Waals surface area contributed by atoms with Crippen LogP contribution in [0, 0.1) is 6.92 Å². The van der Waals surface area contributed by atoms with E-state index < -0.39 is 6.04 Å². The van der Waals surface area contributed by atoms with Crippen molar-refractivity contribution in [2.75, 3.05) is 0 Å². The lowest BCUT2D eigenvalue weighted by Crippen LogP contribution is -2.27. The van der Waals surface area contributed by atoms with Gasteiger partial charge in [0.2, 0.25) is 11.7 Å². The van der Waals surface area contributed by atoms with Crippen LogP contribution in [0.1, 0.15) is 34.8 Å². The summed E-state index contributed by atoms with van der Waals surface area (Å²) in [6.45, 7) is 3.76. The zero-order valence-corrected chi connectivity index (χ0v) is 14.0. The highest BCUT2D eigenvalue weighted by atomic mass is 35.5. The number of benzene rings is 2. The maximum atomic E-state index is 12.3. The van der Waals surface area contributed by atoms with Crippen LogP contribution >= 0.6 is 11.6 Å². The minimum Gasteiger partial charge on any atom is -0.340 e. The number of hydrogen-bond acceptors (Lipinski definition) is 4. The summed E-state index contributed by atoms with van der Waals surface area (Å²) in [6, 6.07) is 14.2. The Bertz CT molecular complexity index is 876. The highest BCUT2D eigenvalue weighted by molar-refractivity contribution is 6.33. The number of aryl methyl sites for hydroxylation is 1. The Balaban J connectivity index is 1.77. The molecule has 0 radical (unpaired) electrons. The standard InChI is InChI=1S/C18H16ClN3O2/c1-11-7-3-4-8-13(11)16-21-18(24-22-16)12(2)20-17(23)14-9-5-6-10-15(14)19/h3-10,12H,1-2H3,(H,20,23)/t12-/m0/s1. The Labute approximate surface area is 144 Å². The van der Waals surface area contributed by atoms with E-state index in [-0.39, 0.29) is 5.91 Å². The third kappa shape index (κ3) is 3.31. The summed E-state index contributed by atoms with van der Waals surface area (Å²) >= 11 is 6.04. The molecule has 1 heterocycles. The Morgan fingerprint density at radius 1 is 1.17 bits per heavy atom. The Kier molecular flexibility index (Phi) is 4.62. The second-order valence-electron chi connectivity index (χ2n) is 5.45. The minimum atomic E-state index is -0.431. The summed E-state index contributed by atoms with van der Waals surface area (Å²) in [7, 11) is 0. The number of amides is 1. The van der Waals surface area contributed by atoms with Gasteiger partial charge in [0.25, 0.3) is 5.91 Å². The molecule has 0 fully saturated rings. The lowest BCUT2D eigenvalue weighted by Gasteiger charge is -2.10. The second-order valence-corrected chi connectivity index (χ2v) is 5.85. The van der Waals surface area contributed by atoms with Crippen LogP contribution < -0.4 is 5.32 Å². The van der Waals surface area contributed by atoms with E-state index in [9.17, 15) is 4.79 Å². The Hall–Kier alpha value is -2.66. The van der Waals surface area contributed by atoms with Gasteiger partial charge in [-0.3, -0.25) is 4.79 Å². The van der Waals surface area contributed by atoms with Gasteiger partial charge in [0.1, 0.15) is 6.04 Å². The zero-order chi connectivity index (χ0) is 17.1. The van der Waals surface area contributed by atoms with Gasteiger partial charge in [-0.05, 0) is 31.5 Å². The summed E-state index contributed by atoms with van der Waals surface area (Å²) < 4.78 is 5.29. The normalized spacial score (nSPS) is 12.0. The fourth-order valence-electron chi connectivity index (χ4n) is 2.33. The average molecular weight is 342 g/mol. The minimum absolute atomic E-state index is 0.288. The highest BCUT2D eigenvalue weighted by Crippen LogP contribution is 2.22. The van der Waals surface area contributed by atoms with Crippen LogP contribution in [0.4, 0.5) is 0 Å². The van der Waals surface area contributed by atoms with Crippen molar-refractivity contribution in [3.8, 4) is 11.4 Å². The summed E-state index contributed by atoms with van der Waals surface area (Å²) in [5, 5.41) is 7.21. The highest BCUT2D eigenvalue weighted by Gasteiger charge is 2.19. The van der Waals surface area contributed by atoms with Gasteiger partial charge < -0.3 is 9.84 Å². The molecule has 3 rings (SSSR count). The monoisotopic (exact) mass is 341 g/mol. The second kappa shape index (κ2) is 6.84. The van der Waals surface area contributed by atoms with Crippen LogP contribution in [0.5, 0.6) is 0 Å². The first-order valence-corrected chi connectivity index (χ1v) is 7.89. The number of hydrogen-bond donors (Lipinski definition) is 1. The van der Waals surface area contributed by atoms with Gasteiger partial charge in [0, 0.05) is 5.56 Å². The fourth-order valence-corrected chi connectivity index (χ4v) is 2.55. The zero-order valence-electron chi connectivity index (χ0n) is 13.3. The number of nitrogens with zero attached hydrogens (tertiary/aromatic N) is 2. The van der Waals surface area contributed by atoms with Crippen LogP contribution in [0.3, 0.4) is 0 Å². The van der Waals surface area contributed by atoms with Gasteiger partial charge >= 0.3 is 0 Å². The fraction of sp³-hybridized carbons (Fsp3) is 0.167. The van der Waals surface area contributed by atoms with Crippen molar-refractivity contribution in [2.45, 2.75) is 19.9 Å². The van der Waals surface area contributed by atoms with E-state index in [1.807, 2.05) is 31.2 Å². The van der Waals surface area contributed by atoms with Crippen molar-refractivity contribution in [2.24, 2.45) is 0 Å². The molecule has 0 saturated heterocycles. The van der Waals surface area contributed by atoms with Crippen molar-refractivity contribution in [3.63, 3.8) is 0 Å². The van der Waals surface area contributed by atoms with E-state index in [1.165, 1.54) is 0 Å². The van der Waals surface area contributed by atoms with E-state index in [0.29, 0.717) is 22.3 Å². The van der Waals surface area contributed by atoms with E-state index >= 15 is 0 Å². The van der Waals surface area contributed by atoms with Crippen molar-refractivity contribution in [1.82, 2.24) is 15.5 Å². The third-order valence-corrected chi connectivity index (χ3v) is 3.99. The molecule has 6 heteroatoms. The SMILES string of the molecule is Cc1ccccc1-c1noc([C@H](C)NC(=O)c2ccccc2Cl)n1. The molecule has 0 aliphatic heterocycles. The molecule has 3 aromatic rings. The first-order chi connectivity index (χ1) is 11.6. The smallest absolute Gasteiger partial charge is 0.253 e. The Morgan fingerprint density at radius 3 is 2.62 bits per heavy atom. The molecule has 1 aromatic heterocycles. The molecular weight excluding hydrogens is 326 g/mol. The summed E-state index contributed by atoms with van der Waals surface area (Å²) in [5.74, 6) is 0.555. The number of nitrogens with one attached hydrogen (secondary N) is 1. The van der Waals surface area contributed by atoms with E-state index in [2.05, 4.69) is 15.5 Å². The maximum absolute atomic E-state index is 12.3. The maximum Gasteiger partial charge on any atom is 0.253 e. The molecule has 0 spiro atoms. The van der Waals surface area contributed by atoms with Gasteiger partial charge in [-0.1, -0.05) is 53.2 Å². The van der Waals surface area contributed by atoms with Gasteiger partial charge in [-0.2, -0.15) is 4.98 Å². The quantitative estimate of drug-likeness (QED) is 0.772. The van der Waals surface area contributed by atoms with Crippen LogP contribution in [0.2, 0.25) is 5.02 Å². The predicted molar refractivity (Wildman–Crippen MR) is 91.8 cm³/mol. The van der Waals surface area contributed by atoms with Gasteiger partial charge in [-0.25, -0.2) is 0 Å². The lowest BCUT2D eigenvalue weighted by molar-refractivity contribution is 0.0932. The van der Waals surface area contributed by atoms with Crippen molar-refractivity contribution < 1.29 is 9.32 Å². The number of carbonyl (C=O) groups is 1. The molecule has 1 atom stereocenters. The van der Waals surface area contributed by atoms with E-state index in [1.54, 1.807) is 31.2 Å². The molecule has 0 aliphatic rings. The predicted octanol–water partition coefficient (Wildman–Crippen LogP) is 4.19. The number of carbonyl (C=O) groups excluding carboxylic acids is 1. The summed E-state index contributed by atoms with van der Waals surface area (Å²) in [4.78, 5) is 16.7. The van der Waals surface area contributed by atoms with Crippen LogP contribution in [0.25, 0.3) is 11.4 Å². The van der Waals surface area contributed by atoms with E-state index in [0.717, 1.165) is 11.1 Å². The molecule has 5 nitrogen and oxygen atoms in total. The molecule has 0 saturated carbocycles. The van der Waals surface area contributed by atoms with Gasteiger partial charge in [-0.15, -0.1) is 0 Å². The molecule has 0 bridgehead atoms. The molecule has 24 heavy (non-hydrogen) atoms. The first-order valence-electron chi connectivity index (χ1n) is 7.51. The molecule has 2 aromatic carbocycles. The van der Waals surface area contributed by atoms with Crippen molar-refractivity contribution in [1.29, 1.82) is 0 Å². The Morgan fingerprint density at radius 2 is 1.88 bits per heavy atom. The lowest BCUT2D eigenvalue weighted by atomic mass is 10.1. The number of rotatable bonds is 4. The topological polar surface area (TPSA) is 68.0 Å². The largest absolute Gasteiger partial charge is 0.340 e. The van der Waals surface area contributed by atoms with Crippen LogP contribution in [0.15, 0.2) is 53.1 Å². The number of halogens is 1. The van der Waals surface area contributed by atoms with Gasteiger partial charge in [0.05, 0.1) is 10.6 Å². The van der Waals surface area contributed by atoms with Crippen molar-refractivity contribution >= 4 is 17.5 Å². The molecule has 122 valence electrons. The first kappa shape index (κ1) is 16.2. The van der Waals surface area contributed by atoms with Gasteiger partial charge in [0.15, 0.2) is 0 Å². The molecule has 1 amide bonds. The molecule has 0 unspecified atom stereocenters. The summed E-state index contributed by atoms with van der Waals surface area (Å²) in [6.07, 6.45) is 0. The summed E-state index contributed by atoms with van der Waals surface area (Å²) in [5.41, 5.74) is 2.36.